The number of thiocarbonyl (C=S) groups is 1. The number of rotatable bonds is 5. The van der Waals surface area contributed by atoms with Crippen LogP contribution in [0.4, 0.5) is 5.69 Å². The van der Waals surface area contributed by atoms with Crippen LogP contribution in [0.1, 0.15) is 29.1 Å². The average molecular weight is 478 g/mol. The fourth-order valence-corrected chi connectivity index (χ4v) is 5.04. The summed E-state index contributed by atoms with van der Waals surface area (Å²) in [5, 5.41) is 5.58. The zero-order valence-electron chi connectivity index (χ0n) is 17.2. The second kappa shape index (κ2) is 8.98. The first kappa shape index (κ1) is 21.1. The first-order valence-electron chi connectivity index (χ1n) is 10.2. The molecule has 4 nitrogen and oxygen atoms in total. The maximum absolute atomic E-state index is 6.35. The van der Waals surface area contributed by atoms with Gasteiger partial charge in [-0.1, -0.05) is 47.1 Å². The standard InChI is InChI=1S/C25H20ClN3OS2/c1-16-5-11-19(12-6-16)32-22-14-13-21(30-22)24-23(20-4-2-3-15-27-20)28-25(31)29(24)18-9-7-17(26)8-10-18/h2-15,23-24H,1H3,(H,28,31)/t23-,24-/m1/s1. The van der Waals surface area contributed by atoms with Gasteiger partial charge in [0.25, 0.3) is 0 Å². The van der Waals surface area contributed by atoms with E-state index in [1.807, 2.05) is 54.6 Å². The van der Waals surface area contributed by atoms with E-state index in [2.05, 4.69) is 46.4 Å². The summed E-state index contributed by atoms with van der Waals surface area (Å²) in [6.45, 7) is 2.08. The third-order valence-electron chi connectivity index (χ3n) is 5.34. The molecule has 1 N–H and O–H groups in total. The maximum atomic E-state index is 6.35. The molecular formula is C25H20ClN3OS2. The molecule has 2 aromatic heterocycles. The van der Waals surface area contributed by atoms with Crippen molar-refractivity contribution in [3.05, 3.63) is 107 Å². The lowest BCUT2D eigenvalue weighted by Crippen LogP contribution is -2.29. The summed E-state index contributed by atoms with van der Waals surface area (Å²) in [5.74, 6) is 0.817. The summed E-state index contributed by atoms with van der Waals surface area (Å²) >= 11 is 13.5. The number of hydrogen-bond donors (Lipinski definition) is 1. The number of nitrogens with zero attached hydrogens (tertiary/aromatic N) is 2. The van der Waals surface area contributed by atoms with E-state index in [9.17, 15) is 0 Å². The van der Waals surface area contributed by atoms with Gasteiger partial charge in [-0.15, -0.1) is 0 Å². The topological polar surface area (TPSA) is 41.3 Å². The van der Waals surface area contributed by atoms with Crippen LogP contribution in [-0.4, -0.2) is 10.1 Å². The Balaban J connectivity index is 1.52. The van der Waals surface area contributed by atoms with Crippen molar-refractivity contribution in [3.8, 4) is 0 Å². The first-order valence-corrected chi connectivity index (χ1v) is 11.8. The molecule has 1 saturated heterocycles. The number of nitrogens with one attached hydrogen (secondary N) is 1. The van der Waals surface area contributed by atoms with Crippen molar-refractivity contribution in [3.63, 3.8) is 0 Å². The zero-order chi connectivity index (χ0) is 22.1. The van der Waals surface area contributed by atoms with Gasteiger partial charge in [0, 0.05) is 21.8 Å². The van der Waals surface area contributed by atoms with Crippen molar-refractivity contribution in [1.29, 1.82) is 0 Å². The highest BCUT2D eigenvalue weighted by Crippen LogP contribution is 2.43. The van der Waals surface area contributed by atoms with E-state index in [0.29, 0.717) is 10.1 Å². The molecule has 0 unspecified atom stereocenters. The van der Waals surface area contributed by atoms with E-state index in [4.69, 9.17) is 28.2 Å². The van der Waals surface area contributed by atoms with Crippen molar-refractivity contribution in [2.24, 2.45) is 0 Å². The summed E-state index contributed by atoms with van der Waals surface area (Å²) in [6, 6.07) is 25.7. The molecule has 2 atom stereocenters. The molecule has 0 bridgehead atoms. The largest absolute Gasteiger partial charge is 0.452 e. The molecule has 0 saturated carbocycles. The molecule has 1 fully saturated rings. The van der Waals surface area contributed by atoms with Gasteiger partial charge >= 0.3 is 0 Å². The van der Waals surface area contributed by atoms with Gasteiger partial charge in [0.1, 0.15) is 11.8 Å². The van der Waals surface area contributed by atoms with Crippen LogP contribution in [0.2, 0.25) is 5.02 Å². The van der Waals surface area contributed by atoms with Crippen molar-refractivity contribution >= 4 is 46.4 Å². The summed E-state index contributed by atoms with van der Waals surface area (Å²) in [7, 11) is 0. The van der Waals surface area contributed by atoms with Gasteiger partial charge in [0.15, 0.2) is 10.2 Å². The van der Waals surface area contributed by atoms with Gasteiger partial charge in [-0.05, 0) is 79.8 Å². The van der Waals surface area contributed by atoms with Gasteiger partial charge in [-0.25, -0.2) is 0 Å². The number of aromatic nitrogens is 1. The summed E-state index contributed by atoms with van der Waals surface area (Å²) in [4.78, 5) is 7.78. The van der Waals surface area contributed by atoms with E-state index in [0.717, 1.165) is 27.1 Å². The van der Waals surface area contributed by atoms with Gasteiger partial charge in [-0.2, -0.15) is 0 Å². The lowest BCUT2D eigenvalue weighted by molar-refractivity contribution is 0.383. The van der Waals surface area contributed by atoms with Gasteiger partial charge < -0.3 is 14.6 Å². The second-order valence-corrected chi connectivity index (χ2v) is 9.45. The fourth-order valence-electron chi connectivity index (χ4n) is 3.79. The van der Waals surface area contributed by atoms with Crippen molar-refractivity contribution in [2.75, 3.05) is 4.90 Å². The second-order valence-electron chi connectivity index (χ2n) is 7.54. The Kier molecular flexibility index (Phi) is 5.91. The SMILES string of the molecule is Cc1ccc(Sc2ccc([C@@H]3[C@@H](c4ccccn4)NC(=S)N3c3ccc(Cl)cc3)o2)cc1. The lowest BCUT2D eigenvalue weighted by atomic mass is 10.0. The molecule has 4 aromatic rings. The highest BCUT2D eigenvalue weighted by molar-refractivity contribution is 7.99. The van der Waals surface area contributed by atoms with Crippen molar-refractivity contribution < 1.29 is 4.42 Å². The Morgan fingerprint density at radius 3 is 2.50 bits per heavy atom. The van der Waals surface area contributed by atoms with E-state index in [1.165, 1.54) is 5.56 Å². The molecule has 2 aromatic carbocycles. The fraction of sp³-hybridized carbons (Fsp3) is 0.120. The monoisotopic (exact) mass is 477 g/mol. The number of furan rings is 1. The van der Waals surface area contributed by atoms with Crippen LogP contribution in [0.5, 0.6) is 0 Å². The molecule has 0 radical (unpaired) electrons. The van der Waals surface area contributed by atoms with Crippen LogP contribution in [0.25, 0.3) is 0 Å². The smallest absolute Gasteiger partial charge is 0.174 e. The molecule has 5 rings (SSSR count). The van der Waals surface area contributed by atoms with E-state index < -0.39 is 0 Å². The lowest BCUT2D eigenvalue weighted by Gasteiger charge is -2.26. The predicted molar refractivity (Wildman–Crippen MR) is 133 cm³/mol. The van der Waals surface area contributed by atoms with Crippen LogP contribution in [0, 0.1) is 6.92 Å². The molecule has 32 heavy (non-hydrogen) atoms. The highest BCUT2D eigenvalue weighted by Gasteiger charge is 2.42. The summed E-state index contributed by atoms with van der Waals surface area (Å²) < 4.78 is 6.35. The number of pyridine rings is 1. The van der Waals surface area contributed by atoms with E-state index in [-0.39, 0.29) is 12.1 Å². The number of benzene rings is 2. The van der Waals surface area contributed by atoms with Crippen molar-refractivity contribution in [1.82, 2.24) is 10.3 Å². The number of aryl methyl sites for hydroxylation is 1. The minimum atomic E-state index is -0.189. The van der Waals surface area contributed by atoms with Crippen molar-refractivity contribution in [2.45, 2.75) is 29.0 Å². The van der Waals surface area contributed by atoms with E-state index >= 15 is 0 Å². The Bertz CT molecular complexity index is 1230. The number of hydrogen-bond acceptors (Lipinski definition) is 4. The molecule has 160 valence electrons. The molecule has 0 amide bonds. The minimum Gasteiger partial charge on any atom is -0.452 e. The molecule has 1 aliphatic rings. The summed E-state index contributed by atoms with van der Waals surface area (Å²) in [6.07, 6.45) is 1.79. The Labute approximate surface area is 201 Å². The highest BCUT2D eigenvalue weighted by atomic mass is 35.5. The van der Waals surface area contributed by atoms with Gasteiger partial charge in [0.2, 0.25) is 0 Å². The van der Waals surface area contributed by atoms with Gasteiger partial charge in [0.05, 0.1) is 11.7 Å². The molecule has 0 spiro atoms. The third-order valence-corrected chi connectivity index (χ3v) is 6.83. The Morgan fingerprint density at radius 2 is 1.78 bits per heavy atom. The van der Waals surface area contributed by atoms with Crippen LogP contribution in [-0.2, 0) is 0 Å². The molecule has 0 aliphatic carbocycles. The molecule has 7 heteroatoms. The van der Waals surface area contributed by atoms with Crippen LogP contribution < -0.4 is 10.2 Å². The zero-order valence-corrected chi connectivity index (χ0v) is 19.6. The number of anilines is 1. The van der Waals surface area contributed by atoms with E-state index in [1.54, 1.807) is 18.0 Å². The van der Waals surface area contributed by atoms with Crippen LogP contribution in [0.3, 0.4) is 0 Å². The Hall–Kier alpha value is -2.80. The Morgan fingerprint density at radius 1 is 1.00 bits per heavy atom. The predicted octanol–water partition coefficient (Wildman–Crippen LogP) is 6.96. The first-order chi connectivity index (χ1) is 15.6. The quantitative estimate of drug-likeness (QED) is 0.313. The molecule has 3 heterocycles. The maximum Gasteiger partial charge on any atom is 0.174 e. The summed E-state index contributed by atoms with van der Waals surface area (Å²) in [5.41, 5.74) is 3.08. The van der Waals surface area contributed by atoms with Crippen LogP contribution >= 0.6 is 35.6 Å². The normalized spacial score (nSPS) is 18.1. The van der Waals surface area contributed by atoms with Crippen LogP contribution in [0.15, 0.2) is 99.5 Å². The minimum absolute atomic E-state index is 0.150. The average Bonchev–Trinajstić information content (AvgIpc) is 3.40. The molecular weight excluding hydrogens is 458 g/mol. The van der Waals surface area contributed by atoms with Gasteiger partial charge in [-0.3, -0.25) is 4.98 Å². The third kappa shape index (κ3) is 4.26. The molecule has 1 aliphatic heterocycles. The number of halogens is 1.